The number of hydrogen-bond donors (Lipinski definition) is 1. The van der Waals surface area contributed by atoms with E-state index in [2.05, 4.69) is 5.32 Å². The molecule has 1 N–H and O–H groups in total. The van der Waals surface area contributed by atoms with Gasteiger partial charge in [-0.2, -0.15) is 0 Å². The highest BCUT2D eigenvalue weighted by Crippen LogP contribution is 2.43. The Morgan fingerprint density at radius 2 is 2.00 bits per heavy atom. The monoisotopic (exact) mass is 378 g/mol. The smallest absolute Gasteiger partial charge is 0.219 e. The zero-order chi connectivity index (χ0) is 19.6. The van der Waals surface area contributed by atoms with Crippen LogP contribution < -0.4 is 10.1 Å². The molecule has 0 unspecified atom stereocenters. The van der Waals surface area contributed by atoms with E-state index < -0.39 is 11.4 Å². The quantitative estimate of drug-likeness (QED) is 0.878. The predicted octanol–water partition coefficient (Wildman–Crippen LogP) is 2.57. The third kappa shape index (κ3) is 4.40. The van der Waals surface area contributed by atoms with Gasteiger partial charge in [-0.25, -0.2) is 4.39 Å². The third-order valence-corrected chi connectivity index (χ3v) is 5.58. The van der Waals surface area contributed by atoms with Gasteiger partial charge in [0.25, 0.3) is 0 Å². The van der Waals surface area contributed by atoms with E-state index in [1.165, 1.54) is 20.1 Å². The maximum absolute atomic E-state index is 13.8. The zero-order valence-corrected chi connectivity index (χ0v) is 16.1. The molecule has 0 aliphatic carbocycles. The largest absolute Gasteiger partial charge is 0.494 e. The van der Waals surface area contributed by atoms with E-state index in [-0.39, 0.29) is 29.7 Å². The number of likely N-dealkylation sites (tertiary alicyclic amines) is 1. The first-order valence-electron chi connectivity index (χ1n) is 9.36. The second-order valence-electron chi connectivity index (χ2n) is 7.53. The van der Waals surface area contributed by atoms with Gasteiger partial charge in [0.1, 0.15) is 0 Å². The number of ether oxygens (including phenoxy) is 2. The molecule has 1 aromatic carbocycles. The highest BCUT2D eigenvalue weighted by atomic mass is 19.1. The van der Waals surface area contributed by atoms with Crippen LogP contribution in [0.1, 0.15) is 51.2 Å². The van der Waals surface area contributed by atoms with Crippen molar-refractivity contribution >= 4 is 11.8 Å². The van der Waals surface area contributed by atoms with Crippen molar-refractivity contribution in [3.05, 3.63) is 29.6 Å². The van der Waals surface area contributed by atoms with Crippen LogP contribution in [-0.2, 0) is 14.3 Å². The molecule has 0 bridgehead atoms. The average Bonchev–Trinajstić information content (AvgIpc) is 2.61. The molecule has 2 aliphatic heterocycles. The number of carbonyl (C=O) groups excluding carboxylic acids is 2. The summed E-state index contributed by atoms with van der Waals surface area (Å²) in [4.78, 5) is 25.1. The van der Waals surface area contributed by atoms with Crippen LogP contribution in [0.5, 0.6) is 5.75 Å². The van der Waals surface area contributed by atoms with Crippen molar-refractivity contribution < 1.29 is 23.5 Å². The Bertz CT molecular complexity index is 716. The Morgan fingerprint density at radius 1 is 1.30 bits per heavy atom. The molecule has 2 saturated heterocycles. The van der Waals surface area contributed by atoms with E-state index >= 15 is 0 Å². The summed E-state index contributed by atoms with van der Waals surface area (Å²) in [7, 11) is 1.43. The van der Waals surface area contributed by atoms with E-state index in [4.69, 9.17) is 9.47 Å². The summed E-state index contributed by atoms with van der Waals surface area (Å²) in [6.45, 7) is 4.37. The number of hydrogen-bond acceptors (Lipinski definition) is 4. The first-order chi connectivity index (χ1) is 12.8. The summed E-state index contributed by atoms with van der Waals surface area (Å²) in [5, 5.41) is 3.02. The second-order valence-corrected chi connectivity index (χ2v) is 7.53. The fourth-order valence-corrected chi connectivity index (χ4v) is 4.22. The van der Waals surface area contributed by atoms with Gasteiger partial charge < -0.3 is 19.7 Å². The Hall–Kier alpha value is -2.15. The molecule has 2 fully saturated rings. The summed E-state index contributed by atoms with van der Waals surface area (Å²) in [5.74, 6) is -0.245. The molecule has 3 rings (SSSR count). The van der Waals surface area contributed by atoms with Crippen LogP contribution in [0.3, 0.4) is 0 Å². The van der Waals surface area contributed by atoms with E-state index in [1.807, 2.05) is 4.90 Å². The number of methoxy groups -OCH3 is 1. The molecule has 27 heavy (non-hydrogen) atoms. The molecule has 6 nitrogen and oxygen atoms in total. The highest BCUT2D eigenvalue weighted by molar-refractivity contribution is 5.73. The number of halogens is 1. The van der Waals surface area contributed by atoms with Gasteiger partial charge in [-0.15, -0.1) is 0 Å². The van der Waals surface area contributed by atoms with Crippen molar-refractivity contribution in [3.8, 4) is 5.75 Å². The lowest BCUT2D eigenvalue weighted by atomic mass is 9.79. The topological polar surface area (TPSA) is 67.9 Å². The van der Waals surface area contributed by atoms with E-state index in [9.17, 15) is 14.0 Å². The van der Waals surface area contributed by atoms with Crippen LogP contribution in [0.15, 0.2) is 18.2 Å². The molecule has 0 saturated carbocycles. The number of rotatable bonds is 3. The van der Waals surface area contributed by atoms with E-state index in [1.54, 1.807) is 19.1 Å². The molecule has 2 aliphatic rings. The van der Waals surface area contributed by atoms with Crippen molar-refractivity contribution in [1.82, 2.24) is 10.2 Å². The van der Waals surface area contributed by atoms with Gasteiger partial charge in [-0.3, -0.25) is 9.59 Å². The molecule has 2 amide bonds. The number of amides is 2. The standard InChI is InChI=1S/C20H27FN2O4/c1-13(24)22-16-11-18(15-4-5-17(21)19(10-15)26-3)27-20(12-16)6-8-23(9-7-20)14(2)25/h4-5,10,16,18H,6-9,11-12H2,1-3H3,(H,22,24)/t16-,18-/m1/s1. The van der Waals surface area contributed by atoms with Crippen molar-refractivity contribution in [2.75, 3.05) is 20.2 Å². The summed E-state index contributed by atoms with van der Waals surface area (Å²) in [6, 6.07) is 4.72. The number of piperidine rings is 1. The number of carbonyl (C=O) groups is 2. The Labute approximate surface area is 159 Å². The Morgan fingerprint density at radius 3 is 2.59 bits per heavy atom. The molecule has 0 aromatic heterocycles. The fourth-order valence-electron chi connectivity index (χ4n) is 4.22. The maximum atomic E-state index is 13.8. The first kappa shape index (κ1) is 19.6. The van der Waals surface area contributed by atoms with Crippen LogP contribution >= 0.6 is 0 Å². The molecule has 1 spiro atoms. The minimum absolute atomic E-state index is 0.0267. The molecule has 2 atom stereocenters. The Balaban J connectivity index is 1.84. The maximum Gasteiger partial charge on any atom is 0.219 e. The lowest BCUT2D eigenvalue weighted by Crippen LogP contribution is -2.54. The number of benzene rings is 1. The summed E-state index contributed by atoms with van der Waals surface area (Å²) >= 11 is 0. The van der Waals surface area contributed by atoms with Gasteiger partial charge in [0.2, 0.25) is 11.8 Å². The third-order valence-electron chi connectivity index (χ3n) is 5.58. The second kappa shape index (κ2) is 7.84. The van der Waals surface area contributed by atoms with E-state index in [0.717, 1.165) is 18.4 Å². The minimum atomic E-state index is -0.417. The van der Waals surface area contributed by atoms with Crippen molar-refractivity contribution in [2.45, 2.75) is 57.3 Å². The zero-order valence-electron chi connectivity index (χ0n) is 16.1. The van der Waals surface area contributed by atoms with Crippen molar-refractivity contribution in [1.29, 1.82) is 0 Å². The summed E-state index contributed by atoms with van der Waals surface area (Å²) in [5.41, 5.74) is 0.431. The van der Waals surface area contributed by atoms with Gasteiger partial charge >= 0.3 is 0 Å². The molecule has 1 aromatic rings. The summed E-state index contributed by atoms with van der Waals surface area (Å²) in [6.07, 6.45) is 2.50. The van der Waals surface area contributed by atoms with Gasteiger partial charge in [0.05, 0.1) is 18.8 Å². The molecular formula is C20H27FN2O4. The average molecular weight is 378 g/mol. The number of nitrogens with one attached hydrogen (secondary N) is 1. The van der Waals surface area contributed by atoms with Crippen molar-refractivity contribution in [3.63, 3.8) is 0 Å². The minimum Gasteiger partial charge on any atom is -0.494 e. The first-order valence-corrected chi connectivity index (χ1v) is 9.36. The summed E-state index contributed by atoms with van der Waals surface area (Å²) < 4.78 is 25.4. The van der Waals surface area contributed by atoms with Crippen molar-refractivity contribution in [2.24, 2.45) is 0 Å². The molecule has 148 valence electrons. The Kier molecular flexibility index (Phi) is 5.69. The van der Waals surface area contributed by atoms with Crippen LogP contribution in [-0.4, -0.2) is 48.6 Å². The SMILES string of the molecule is COc1cc([C@H]2C[C@@H](NC(C)=O)CC3(CCN(C(C)=O)CC3)O2)ccc1F. The fraction of sp³-hybridized carbons (Fsp3) is 0.600. The van der Waals surface area contributed by atoms with Gasteiger partial charge in [0, 0.05) is 33.0 Å². The lowest BCUT2D eigenvalue weighted by Gasteiger charge is -2.49. The normalized spacial score (nSPS) is 24.5. The molecule has 2 heterocycles. The van der Waals surface area contributed by atoms with Crippen LogP contribution in [0.2, 0.25) is 0 Å². The van der Waals surface area contributed by atoms with Gasteiger partial charge in [-0.05, 0) is 43.4 Å². The predicted molar refractivity (Wildman–Crippen MR) is 97.8 cm³/mol. The lowest BCUT2D eigenvalue weighted by molar-refractivity contribution is -0.168. The van der Waals surface area contributed by atoms with Crippen LogP contribution in [0.4, 0.5) is 4.39 Å². The van der Waals surface area contributed by atoms with Crippen LogP contribution in [0, 0.1) is 5.82 Å². The van der Waals surface area contributed by atoms with E-state index in [0.29, 0.717) is 25.9 Å². The number of nitrogens with zero attached hydrogens (tertiary/aromatic N) is 1. The molecule has 0 radical (unpaired) electrons. The van der Waals surface area contributed by atoms with Gasteiger partial charge in [-0.1, -0.05) is 6.07 Å². The van der Waals surface area contributed by atoms with Gasteiger partial charge in [0.15, 0.2) is 11.6 Å². The molecule has 7 heteroatoms. The molecular weight excluding hydrogens is 351 g/mol. The highest BCUT2D eigenvalue weighted by Gasteiger charge is 2.44. The van der Waals surface area contributed by atoms with Crippen LogP contribution in [0.25, 0.3) is 0 Å².